The summed E-state index contributed by atoms with van der Waals surface area (Å²) in [5.41, 5.74) is 7.02. The number of fused-ring (bicyclic) bond motifs is 1. The second-order valence-corrected chi connectivity index (χ2v) is 12.1. The molecule has 2 heterocycles. The molecule has 2 aromatic carbocycles. The first kappa shape index (κ1) is 24.7. The second-order valence-electron chi connectivity index (χ2n) is 12.1. The number of furan rings is 1. The third kappa shape index (κ3) is 4.83. The summed E-state index contributed by atoms with van der Waals surface area (Å²) in [6.45, 7) is 13.2. The van der Waals surface area contributed by atoms with E-state index in [-0.39, 0.29) is 22.8 Å². The minimum atomic E-state index is 0.00339. The number of aryl methyl sites for hydroxylation is 1. The quantitative estimate of drug-likeness (QED) is 0.401. The summed E-state index contributed by atoms with van der Waals surface area (Å²) < 4.78 is 6.15. The summed E-state index contributed by atoms with van der Waals surface area (Å²) in [5.74, 6) is 1.31. The molecule has 3 aromatic rings. The molecule has 1 N–H and O–H groups in total. The molecule has 0 unspecified atom stereocenters. The molecule has 1 aliphatic heterocycles. The fourth-order valence-corrected chi connectivity index (χ4v) is 5.98. The van der Waals surface area contributed by atoms with E-state index in [0.29, 0.717) is 12.2 Å². The van der Waals surface area contributed by atoms with Crippen LogP contribution in [0.25, 0.3) is 0 Å². The summed E-state index contributed by atoms with van der Waals surface area (Å²) in [6, 6.07) is 19.0. The number of nitrogens with zero attached hydrogens (tertiary/aromatic N) is 1. The summed E-state index contributed by atoms with van der Waals surface area (Å²) >= 11 is 0. The molecule has 2 aliphatic rings. The zero-order valence-corrected chi connectivity index (χ0v) is 22.5. The van der Waals surface area contributed by atoms with Crippen LogP contribution >= 0.6 is 0 Å². The molecular formula is C32H40N2O2. The molecule has 5 rings (SSSR count). The Labute approximate surface area is 216 Å². The number of hydrogen-bond acceptors (Lipinski definition) is 3. The van der Waals surface area contributed by atoms with Crippen molar-refractivity contribution in [1.29, 1.82) is 0 Å². The lowest BCUT2D eigenvalue weighted by Crippen LogP contribution is -2.39. The fraction of sp³-hybridized carbons (Fsp3) is 0.469. The number of carbonyl (C=O) groups is 1. The van der Waals surface area contributed by atoms with Crippen LogP contribution in [0.4, 0.5) is 5.69 Å². The molecule has 36 heavy (non-hydrogen) atoms. The van der Waals surface area contributed by atoms with Crippen LogP contribution in [0.15, 0.2) is 59.0 Å². The Kier molecular flexibility index (Phi) is 6.48. The van der Waals surface area contributed by atoms with E-state index < -0.39 is 0 Å². The van der Waals surface area contributed by atoms with Gasteiger partial charge in [0.1, 0.15) is 5.76 Å². The summed E-state index contributed by atoms with van der Waals surface area (Å²) in [4.78, 5) is 15.3. The maximum Gasteiger partial charge on any atom is 0.289 e. The number of nitrogens with one attached hydrogen (secondary N) is 1. The second kappa shape index (κ2) is 9.46. The van der Waals surface area contributed by atoms with Gasteiger partial charge < -0.3 is 14.6 Å². The number of hydrogen-bond donors (Lipinski definition) is 1. The zero-order valence-electron chi connectivity index (χ0n) is 22.5. The minimum Gasteiger partial charge on any atom is -0.456 e. The van der Waals surface area contributed by atoms with Crippen molar-refractivity contribution in [1.82, 2.24) is 4.90 Å². The lowest BCUT2D eigenvalue weighted by atomic mass is 9.62. The van der Waals surface area contributed by atoms with E-state index in [2.05, 4.69) is 64.2 Å². The molecule has 1 aromatic heterocycles. The molecule has 1 atom stereocenters. The van der Waals surface area contributed by atoms with Gasteiger partial charge in [-0.3, -0.25) is 4.79 Å². The van der Waals surface area contributed by atoms with Gasteiger partial charge in [-0.05, 0) is 90.0 Å². The van der Waals surface area contributed by atoms with Crippen LogP contribution in [-0.2, 0) is 17.3 Å². The Morgan fingerprint density at radius 1 is 1.00 bits per heavy atom. The normalized spacial score (nSPS) is 20.2. The Bertz CT molecular complexity index is 1240. The van der Waals surface area contributed by atoms with Gasteiger partial charge in [0.15, 0.2) is 5.76 Å². The standard InChI is InChI=1S/C32H40N2O2/c1-22-18-27-28(32(4,5)16-15-31(27,2)3)20-23(22)19-26-13-14-29(36-26)30(35)34-17-9-12-25(34)21-33-24-10-7-6-8-11-24/h6-8,10-11,13-14,18,20,25,33H,9,12,15-17,19,21H2,1-5H3/t25-/m0/s1. The first-order chi connectivity index (χ1) is 17.1. The molecule has 0 saturated carbocycles. The average Bonchev–Trinajstić information content (AvgIpc) is 3.52. The highest BCUT2D eigenvalue weighted by molar-refractivity contribution is 5.92. The summed E-state index contributed by atoms with van der Waals surface area (Å²) in [7, 11) is 0. The van der Waals surface area contributed by atoms with Gasteiger partial charge in [0.25, 0.3) is 5.91 Å². The lowest BCUT2D eigenvalue weighted by Gasteiger charge is -2.42. The van der Waals surface area contributed by atoms with Crippen LogP contribution in [0.1, 0.15) is 91.9 Å². The van der Waals surface area contributed by atoms with Gasteiger partial charge in [0, 0.05) is 31.2 Å². The number of rotatable bonds is 6. The van der Waals surface area contributed by atoms with Gasteiger partial charge >= 0.3 is 0 Å². The third-order valence-electron chi connectivity index (χ3n) is 8.50. The number of benzene rings is 2. The Hall–Kier alpha value is -3.01. The fourth-order valence-electron chi connectivity index (χ4n) is 5.98. The minimum absolute atomic E-state index is 0.00339. The lowest BCUT2D eigenvalue weighted by molar-refractivity contribution is 0.0710. The van der Waals surface area contributed by atoms with Crippen molar-refractivity contribution < 1.29 is 9.21 Å². The van der Waals surface area contributed by atoms with E-state index in [0.717, 1.165) is 37.4 Å². The molecule has 190 valence electrons. The van der Waals surface area contributed by atoms with E-state index in [9.17, 15) is 4.79 Å². The van der Waals surface area contributed by atoms with Gasteiger partial charge in [-0.2, -0.15) is 0 Å². The Morgan fingerprint density at radius 3 is 2.42 bits per heavy atom. The van der Waals surface area contributed by atoms with Crippen LogP contribution in [0, 0.1) is 6.92 Å². The highest BCUT2D eigenvalue weighted by atomic mass is 16.4. The summed E-state index contributed by atoms with van der Waals surface area (Å²) in [6.07, 6.45) is 5.17. The van der Waals surface area contributed by atoms with Gasteiger partial charge in [-0.1, -0.05) is 58.0 Å². The van der Waals surface area contributed by atoms with Crippen LogP contribution in [0.3, 0.4) is 0 Å². The van der Waals surface area contributed by atoms with Crippen molar-refractivity contribution in [3.05, 3.63) is 88.4 Å². The first-order valence-corrected chi connectivity index (χ1v) is 13.5. The number of amides is 1. The van der Waals surface area contributed by atoms with Crippen molar-refractivity contribution in [3.8, 4) is 0 Å². The highest BCUT2D eigenvalue weighted by Gasteiger charge is 2.37. The van der Waals surface area contributed by atoms with Gasteiger partial charge in [0.2, 0.25) is 0 Å². The molecule has 1 fully saturated rings. The molecule has 1 saturated heterocycles. The molecule has 4 nitrogen and oxygen atoms in total. The average molecular weight is 485 g/mol. The smallest absolute Gasteiger partial charge is 0.289 e. The van der Waals surface area contributed by atoms with Crippen LogP contribution in [-0.4, -0.2) is 29.9 Å². The zero-order chi connectivity index (χ0) is 25.5. The number of carbonyl (C=O) groups excluding carboxylic acids is 1. The Morgan fingerprint density at radius 2 is 1.69 bits per heavy atom. The Balaban J connectivity index is 1.30. The highest BCUT2D eigenvalue weighted by Crippen LogP contribution is 2.46. The number of para-hydroxylation sites is 1. The largest absolute Gasteiger partial charge is 0.456 e. The van der Waals surface area contributed by atoms with Crippen LogP contribution in [0.5, 0.6) is 0 Å². The molecule has 1 amide bonds. The van der Waals surface area contributed by atoms with E-state index >= 15 is 0 Å². The van der Waals surface area contributed by atoms with E-state index in [1.54, 1.807) is 0 Å². The molecule has 0 bridgehead atoms. The van der Waals surface area contributed by atoms with E-state index in [1.807, 2.05) is 35.2 Å². The van der Waals surface area contributed by atoms with Crippen LogP contribution in [0.2, 0.25) is 0 Å². The number of anilines is 1. The molecule has 4 heteroatoms. The summed E-state index contributed by atoms with van der Waals surface area (Å²) in [5, 5.41) is 3.48. The molecule has 0 radical (unpaired) electrons. The van der Waals surface area contributed by atoms with E-state index in [1.165, 1.54) is 35.1 Å². The predicted molar refractivity (Wildman–Crippen MR) is 147 cm³/mol. The monoisotopic (exact) mass is 484 g/mol. The van der Waals surface area contributed by atoms with Crippen molar-refractivity contribution in [2.45, 2.75) is 83.6 Å². The predicted octanol–water partition coefficient (Wildman–Crippen LogP) is 7.24. The van der Waals surface area contributed by atoms with Gasteiger partial charge in [0.05, 0.1) is 0 Å². The van der Waals surface area contributed by atoms with Crippen molar-refractivity contribution >= 4 is 11.6 Å². The third-order valence-corrected chi connectivity index (χ3v) is 8.50. The number of likely N-dealkylation sites (tertiary alicyclic amines) is 1. The SMILES string of the molecule is Cc1cc2c(cc1Cc1ccc(C(=O)N3CCC[C@H]3CNc3ccccc3)o1)C(C)(C)CCC2(C)C. The van der Waals surface area contributed by atoms with Crippen molar-refractivity contribution in [2.75, 3.05) is 18.4 Å². The molecular weight excluding hydrogens is 444 g/mol. The van der Waals surface area contributed by atoms with Gasteiger partial charge in [-0.25, -0.2) is 0 Å². The maximum atomic E-state index is 13.4. The van der Waals surface area contributed by atoms with Gasteiger partial charge in [-0.15, -0.1) is 0 Å². The van der Waals surface area contributed by atoms with E-state index in [4.69, 9.17) is 4.42 Å². The molecule has 0 spiro atoms. The van der Waals surface area contributed by atoms with Crippen LogP contribution < -0.4 is 5.32 Å². The molecule has 1 aliphatic carbocycles. The first-order valence-electron chi connectivity index (χ1n) is 13.5. The maximum absolute atomic E-state index is 13.4. The van der Waals surface area contributed by atoms with Crippen molar-refractivity contribution in [3.63, 3.8) is 0 Å². The van der Waals surface area contributed by atoms with Crippen molar-refractivity contribution in [2.24, 2.45) is 0 Å². The topological polar surface area (TPSA) is 45.5 Å².